The first-order valence-corrected chi connectivity index (χ1v) is 4.11. The maximum Gasteiger partial charge on any atom is 0.0762 e. The van der Waals surface area contributed by atoms with Gasteiger partial charge in [0.15, 0.2) is 0 Å². The predicted molar refractivity (Wildman–Crippen MR) is 48.9 cm³/mol. The maximum atomic E-state index is 9.31. The Labute approximate surface area is 71.6 Å². The Morgan fingerprint density at radius 2 is 2.33 bits per heavy atom. The van der Waals surface area contributed by atoms with Gasteiger partial charge in [0, 0.05) is 12.6 Å². The molecule has 0 amide bonds. The number of hydrogen-bond acceptors (Lipinski definition) is 2. The minimum atomic E-state index is -0.379. The molecule has 0 spiro atoms. The van der Waals surface area contributed by atoms with Crippen LogP contribution in [0.15, 0.2) is 23.2 Å². The van der Waals surface area contributed by atoms with Crippen LogP contribution in [-0.4, -0.2) is 11.3 Å². The molecule has 0 saturated heterocycles. The van der Waals surface area contributed by atoms with Gasteiger partial charge in [-0.1, -0.05) is 12.1 Å². The topological polar surface area (TPSA) is 32.6 Å². The monoisotopic (exact) mass is 161 g/mol. The number of aliphatic hydroxyl groups is 1. The summed E-state index contributed by atoms with van der Waals surface area (Å²) in [5.41, 5.74) is 3.23. The van der Waals surface area contributed by atoms with E-state index in [2.05, 4.69) is 4.99 Å². The van der Waals surface area contributed by atoms with Crippen molar-refractivity contribution in [2.45, 2.75) is 19.4 Å². The molecule has 2 heteroatoms. The Hall–Kier alpha value is -1.15. The van der Waals surface area contributed by atoms with Gasteiger partial charge in [-0.2, -0.15) is 0 Å². The summed E-state index contributed by atoms with van der Waals surface area (Å²) in [4.78, 5) is 4.19. The van der Waals surface area contributed by atoms with Crippen LogP contribution in [-0.2, 0) is 6.42 Å². The van der Waals surface area contributed by atoms with Crippen molar-refractivity contribution in [1.29, 1.82) is 0 Å². The molecule has 2 rings (SSSR count). The minimum absolute atomic E-state index is 0.379. The highest BCUT2D eigenvalue weighted by Gasteiger charge is 2.08. The summed E-state index contributed by atoms with van der Waals surface area (Å²) in [6.45, 7) is 1.78. The summed E-state index contributed by atoms with van der Waals surface area (Å²) in [5.74, 6) is 0. The predicted octanol–water partition coefficient (Wildman–Crippen LogP) is 2.00. The second-order valence-electron chi connectivity index (χ2n) is 3.08. The standard InChI is InChI=1S/C10H11NO/c1-7(12)8-2-3-10-9(6-8)4-5-11-10/h2-3,5-7,12H,4H2,1H3. The molecule has 0 radical (unpaired) electrons. The molecule has 0 aliphatic carbocycles. The van der Waals surface area contributed by atoms with Gasteiger partial charge in [-0.3, -0.25) is 4.99 Å². The van der Waals surface area contributed by atoms with Crippen LogP contribution in [0.4, 0.5) is 5.69 Å². The lowest BCUT2D eigenvalue weighted by Crippen LogP contribution is -1.91. The van der Waals surface area contributed by atoms with Gasteiger partial charge in [0.1, 0.15) is 0 Å². The van der Waals surface area contributed by atoms with Gasteiger partial charge in [0.2, 0.25) is 0 Å². The van der Waals surface area contributed by atoms with Gasteiger partial charge in [0.25, 0.3) is 0 Å². The zero-order valence-corrected chi connectivity index (χ0v) is 6.99. The van der Waals surface area contributed by atoms with Crippen molar-refractivity contribution in [2.24, 2.45) is 4.99 Å². The Morgan fingerprint density at radius 1 is 1.50 bits per heavy atom. The zero-order valence-electron chi connectivity index (χ0n) is 6.99. The Kier molecular flexibility index (Phi) is 1.70. The molecule has 1 heterocycles. The van der Waals surface area contributed by atoms with E-state index >= 15 is 0 Å². The molecule has 0 fully saturated rings. The van der Waals surface area contributed by atoms with E-state index < -0.39 is 0 Å². The lowest BCUT2D eigenvalue weighted by molar-refractivity contribution is 0.199. The molecule has 1 unspecified atom stereocenters. The fraction of sp³-hybridized carbons (Fsp3) is 0.300. The molecule has 62 valence electrons. The van der Waals surface area contributed by atoms with Gasteiger partial charge >= 0.3 is 0 Å². The van der Waals surface area contributed by atoms with Crippen LogP contribution < -0.4 is 0 Å². The highest BCUT2D eigenvalue weighted by molar-refractivity contribution is 5.75. The second kappa shape index (κ2) is 2.72. The van der Waals surface area contributed by atoms with E-state index in [9.17, 15) is 5.11 Å². The van der Waals surface area contributed by atoms with E-state index in [4.69, 9.17) is 0 Å². The van der Waals surface area contributed by atoms with Crippen molar-refractivity contribution in [1.82, 2.24) is 0 Å². The summed E-state index contributed by atoms with van der Waals surface area (Å²) in [6, 6.07) is 5.90. The van der Waals surface area contributed by atoms with Crippen molar-refractivity contribution in [2.75, 3.05) is 0 Å². The van der Waals surface area contributed by atoms with Crippen LogP contribution in [0.25, 0.3) is 0 Å². The minimum Gasteiger partial charge on any atom is -0.389 e. The first-order valence-electron chi connectivity index (χ1n) is 4.11. The fourth-order valence-corrected chi connectivity index (χ4v) is 1.40. The zero-order chi connectivity index (χ0) is 8.55. The Balaban J connectivity index is 2.42. The molecule has 1 aromatic rings. The lowest BCUT2D eigenvalue weighted by atomic mass is 10.1. The molecule has 1 aromatic carbocycles. The van der Waals surface area contributed by atoms with E-state index in [1.807, 2.05) is 24.4 Å². The van der Waals surface area contributed by atoms with Gasteiger partial charge in [0.05, 0.1) is 11.8 Å². The van der Waals surface area contributed by atoms with E-state index in [1.54, 1.807) is 6.92 Å². The third-order valence-corrected chi connectivity index (χ3v) is 2.13. The third-order valence-electron chi connectivity index (χ3n) is 2.13. The van der Waals surface area contributed by atoms with Crippen LogP contribution in [0.1, 0.15) is 24.2 Å². The number of nitrogens with zero attached hydrogens (tertiary/aromatic N) is 1. The number of benzene rings is 1. The fourth-order valence-electron chi connectivity index (χ4n) is 1.40. The highest BCUT2D eigenvalue weighted by Crippen LogP contribution is 2.26. The summed E-state index contributed by atoms with van der Waals surface area (Å²) < 4.78 is 0. The van der Waals surface area contributed by atoms with Gasteiger partial charge in [-0.15, -0.1) is 0 Å². The molecule has 12 heavy (non-hydrogen) atoms. The molecule has 2 nitrogen and oxygen atoms in total. The number of hydrogen-bond donors (Lipinski definition) is 1. The Bertz CT molecular complexity index is 329. The average Bonchev–Trinajstić information content (AvgIpc) is 2.49. The van der Waals surface area contributed by atoms with Crippen molar-refractivity contribution < 1.29 is 5.11 Å². The van der Waals surface area contributed by atoms with Crippen molar-refractivity contribution in [3.05, 3.63) is 29.3 Å². The van der Waals surface area contributed by atoms with E-state index in [0.717, 1.165) is 17.7 Å². The van der Waals surface area contributed by atoms with Crippen molar-refractivity contribution in [3.8, 4) is 0 Å². The number of aliphatic hydroxyl groups excluding tert-OH is 1. The molecule has 1 N–H and O–H groups in total. The van der Waals surface area contributed by atoms with E-state index in [0.29, 0.717) is 0 Å². The van der Waals surface area contributed by atoms with Gasteiger partial charge in [-0.25, -0.2) is 0 Å². The van der Waals surface area contributed by atoms with Gasteiger partial charge < -0.3 is 5.11 Å². The molecule has 1 atom stereocenters. The normalized spacial score (nSPS) is 16.2. The largest absolute Gasteiger partial charge is 0.389 e. The average molecular weight is 161 g/mol. The second-order valence-corrected chi connectivity index (χ2v) is 3.08. The number of rotatable bonds is 1. The SMILES string of the molecule is CC(O)c1ccc2c(c1)CC=N2. The first-order chi connectivity index (χ1) is 5.77. The third kappa shape index (κ3) is 1.14. The van der Waals surface area contributed by atoms with Crippen molar-refractivity contribution in [3.63, 3.8) is 0 Å². The van der Waals surface area contributed by atoms with Crippen LogP contribution in [0.2, 0.25) is 0 Å². The van der Waals surface area contributed by atoms with Gasteiger partial charge in [-0.05, 0) is 24.1 Å². The molecule has 0 bridgehead atoms. The number of fused-ring (bicyclic) bond motifs is 1. The lowest BCUT2D eigenvalue weighted by Gasteiger charge is -2.05. The molecule has 1 aliphatic rings. The summed E-state index contributed by atoms with van der Waals surface area (Å²) in [6.07, 6.45) is 2.42. The van der Waals surface area contributed by atoms with Crippen LogP contribution in [0, 0.1) is 0 Å². The maximum absolute atomic E-state index is 9.31. The molecular weight excluding hydrogens is 150 g/mol. The smallest absolute Gasteiger partial charge is 0.0762 e. The summed E-state index contributed by atoms with van der Waals surface area (Å²) in [5, 5.41) is 9.31. The number of aliphatic imine (C=N–C) groups is 1. The molecule has 0 saturated carbocycles. The highest BCUT2D eigenvalue weighted by atomic mass is 16.3. The van der Waals surface area contributed by atoms with E-state index in [-0.39, 0.29) is 6.10 Å². The first kappa shape index (κ1) is 7.50. The van der Waals surface area contributed by atoms with Crippen LogP contribution >= 0.6 is 0 Å². The van der Waals surface area contributed by atoms with Crippen molar-refractivity contribution >= 4 is 11.9 Å². The summed E-state index contributed by atoms with van der Waals surface area (Å²) in [7, 11) is 0. The van der Waals surface area contributed by atoms with Crippen LogP contribution in [0.3, 0.4) is 0 Å². The van der Waals surface area contributed by atoms with E-state index in [1.165, 1.54) is 5.56 Å². The molecular formula is C10H11NO. The summed E-state index contributed by atoms with van der Waals surface area (Å²) >= 11 is 0. The molecule has 1 aliphatic heterocycles. The molecule has 0 aromatic heterocycles. The Morgan fingerprint density at radius 3 is 3.08 bits per heavy atom. The quantitative estimate of drug-likeness (QED) is 0.671. The van der Waals surface area contributed by atoms with Crippen LogP contribution in [0.5, 0.6) is 0 Å².